The van der Waals surface area contributed by atoms with Crippen LogP contribution in [0.3, 0.4) is 0 Å². The molecular weight excluding hydrogens is 456 g/mol. The van der Waals surface area contributed by atoms with Gasteiger partial charge in [0.1, 0.15) is 5.65 Å². The maximum Gasteiger partial charge on any atom is 0.249 e. The first-order valence-electron chi connectivity index (χ1n) is 11.5. The Hall–Kier alpha value is -3.37. The van der Waals surface area contributed by atoms with Crippen molar-refractivity contribution >= 4 is 11.3 Å². The fraction of sp³-hybridized carbons (Fsp3) is 0.400. The van der Waals surface area contributed by atoms with Gasteiger partial charge in [0.25, 0.3) is 0 Å². The number of anilines is 1. The second kappa shape index (κ2) is 9.71. The van der Waals surface area contributed by atoms with Gasteiger partial charge in [0.2, 0.25) is 17.6 Å². The summed E-state index contributed by atoms with van der Waals surface area (Å²) in [7, 11) is 1.65. The molecule has 0 atom stereocenters. The summed E-state index contributed by atoms with van der Waals surface area (Å²) in [6.07, 6.45) is 3.39. The molecule has 1 fully saturated rings. The van der Waals surface area contributed by atoms with Crippen LogP contribution in [-0.4, -0.2) is 45.8 Å². The van der Waals surface area contributed by atoms with Crippen LogP contribution in [-0.2, 0) is 22.6 Å². The number of benzene rings is 1. The molecule has 0 aliphatic heterocycles. The van der Waals surface area contributed by atoms with Crippen LogP contribution in [0.5, 0.6) is 0 Å². The number of methoxy groups -OCH3 is 1. The van der Waals surface area contributed by atoms with E-state index in [1.165, 1.54) is 0 Å². The minimum absolute atomic E-state index is 0.240. The zero-order chi connectivity index (χ0) is 24.4. The predicted octanol–water partition coefficient (Wildman–Crippen LogP) is 4.98. The Morgan fingerprint density at radius 3 is 2.86 bits per heavy atom. The van der Waals surface area contributed by atoms with Crippen molar-refractivity contribution in [2.75, 3.05) is 25.6 Å². The van der Waals surface area contributed by atoms with Crippen LogP contribution in [0.25, 0.3) is 17.0 Å². The van der Waals surface area contributed by atoms with Crippen molar-refractivity contribution in [2.45, 2.75) is 44.8 Å². The number of aryl methyl sites for hydroxylation is 1. The maximum absolute atomic E-state index is 13.2. The summed E-state index contributed by atoms with van der Waals surface area (Å²) >= 11 is 0. The van der Waals surface area contributed by atoms with E-state index < -0.39 is 5.92 Å². The Kier molecular flexibility index (Phi) is 6.48. The molecule has 1 aliphatic rings. The van der Waals surface area contributed by atoms with Crippen LogP contribution < -0.4 is 5.32 Å². The van der Waals surface area contributed by atoms with Gasteiger partial charge in [-0.05, 0) is 30.2 Å². The number of ether oxygens (including phenoxy) is 2. The number of pyridine rings is 1. The molecule has 0 saturated heterocycles. The number of aromatic nitrogens is 4. The smallest absolute Gasteiger partial charge is 0.249 e. The maximum atomic E-state index is 13.2. The van der Waals surface area contributed by atoms with E-state index in [2.05, 4.69) is 20.4 Å². The van der Waals surface area contributed by atoms with Gasteiger partial charge in [-0.25, -0.2) is 13.8 Å². The number of alkyl halides is 2. The molecule has 4 aromatic rings. The zero-order valence-corrected chi connectivity index (χ0v) is 19.6. The largest absolute Gasteiger partial charge is 0.382 e. The van der Waals surface area contributed by atoms with Gasteiger partial charge < -0.3 is 23.7 Å². The number of nitrogens with one attached hydrogen (secondary N) is 1. The monoisotopic (exact) mass is 483 g/mol. The van der Waals surface area contributed by atoms with E-state index in [0.717, 1.165) is 33.7 Å². The lowest BCUT2D eigenvalue weighted by molar-refractivity contribution is -0.0925. The van der Waals surface area contributed by atoms with E-state index in [9.17, 15) is 8.78 Å². The van der Waals surface area contributed by atoms with Gasteiger partial charge >= 0.3 is 0 Å². The van der Waals surface area contributed by atoms with Crippen LogP contribution in [0.15, 0.2) is 47.2 Å². The van der Waals surface area contributed by atoms with Crippen molar-refractivity contribution in [3.05, 3.63) is 65.4 Å². The molecule has 184 valence electrons. The number of rotatable bonds is 10. The first-order valence-corrected chi connectivity index (χ1v) is 11.5. The molecule has 10 heteroatoms. The molecule has 0 unspecified atom stereocenters. The van der Waals surface area contributed by atoms with Crippen molar-refractivity contribution in [1.29, 1.82) is 0 Å². The van der Waals surface area contributed by atoms with E-state index in [4.69, 9.17) is 14.0 Å². The molecule has 5 rings (SSSR count). The fourth-order valence-electron chi connectivity index (χ4n) is 4.11. The third-order valence-corrected chi connectivity index (χ3v) is 6.18. The first-order chi connectivity index (χ1) is 16.9. The molecule has 0 bridgehead atoms. The minimum atomic E-state index is -2.63. The number of hydrogen-bond acceptors (Lipinski definition) is 7. The summed E-state index contributed by atoms with van der Waals surface area (Å²) in [6.45, 7) is 4.15. The lowest BCUT2D eigenvalue weighted by Gasteiger charge is -2.31. The van der Waals surface area contributed by atoms with Gasteiger partial charge in [-0.2, -0.15) is 4.98 Å². The Bertz CT molecular complexity index is 1310. The Morgan fingerprint density at radius 2 is 2.06 bits per heavy atom. The van der Waals surface area contributed by atoms with Crippen molar-refractivity contribution in [3.63, 3.8) is 0 Å². The minimum Gasteiger partial charge on any atom is -0.382 e. The van der Waals surface area contributed by atoms with E-state index >= 15 is 0 Å². The molecule has 35 heavy (non-hydrogen) atoms. The summed E-state index contributed by atoms with van der Waals surface area (Å²) < 4.78 is 44.3. The molecule has 1 aliphatic carbocycles. The van der Waals surface area contributed by atoms with Gasteiger partial charge in [0.05, 0.1) is 38.3 Å². The number of fused-ring (bicyclic) bond motifs is 1. The van der Waals surface area contributed by atoms with Crippen LogP contribution >= 0.6 is 0 Å². The van der Waals surface area contributed by atoms with Crippen LogP contribution in [0.2, 0.25) is 0 Å². The van der Waals surface area contributed by atoms with E-state index in [0.29, 0.717) is 32.2 Å². The lowest BCUT2D eigenvalue weighted by atomic mass is 9.81. The van der Waals surface area contributed by atoms with Crippen LogP contribution in [0, 0.1) is 6.92 Å². The van der Waals surface area contributed by atoms with Crippen molar-refractivity contribution in [1.82, 2.24) is 19.5 Å². The van der Waals surface area contributed by atoms with Crippen molar-refractivity contribution in [2.24, 2.45) is 0 Å². The van der Waals surface area contributed by atoms with Crippen molar-refractivity contribution in [3.8, 4) is 11.4 Å². The van der Waals surface area contributed by atoms with E-state index in [-0.39, 0.29) is 24.7 Å². The SMILES string of the molecule is COCCOCc1ccc2ncc(CNc3cc(-c4noc(C5CC(F)(F)C5)n4)ccc3C)n2c1. The second-order valence-electron chi connectivity index (χ2n) is 8.86. The quantitative estimate of drug-likeness (QED) is 0.318. The standard InChI is InChI=1S/C25H27F2N5O3/c1-16-3-5-18(23-30-24(35-31-23)19-10-25(26,27)11-19)9-21(16)28-12-20-13-29-22-6-4-17(14-32(20)22)15-34-8-7-33-2/h3-6,9,13-14,19,28H,7-8,10-12,15H2,1-2H3. The summed E-state index contributed by atoms with van der Waals surface area (Å²) in [5, 5.41) is 7.48. The van der Waals surface area contributed by atoms with Crippen LogP contribution in [0.1, 0.15) is 41.5 Å². The topological polar surface area (TPSA) is 86.7 Å². The fourth-order valence-corrected chi connectivity index (χ4v) is 4.11. The molecular formula is C25H27F2N5O3. The zero-order valence-electron chi connectivity index (χ0n) is 19.6. The average Bonchev–Trinajstić information content (AvgIpc) is 3.47. The normalized spacial score (nSPS) is 15.4. The van der Waals surface area contributed by atoms with Gasteiger partial charge in [0.15, 0.2) is 0 Å². The molecule has 8 nitrogen and oxygen atoms in total. The van der Waals surface area contributed by atoms with Gasteiger partial charge in [-0.3, -0.25) is 0 Å². The summed E-state index contributed by atoms with van der Waals surface area (Å²) in [5.41, 5.74) is 5.62. The van der Waals surface area contributed by atoms with E-state index in [1.54, 1.807) is 7.11 Å². The van der Waals surface area contributed by atoms with Crippen molar-refractivity contribution < 1.29 is 22.8 Å². The lowest BCUT2D eigenvalue weighted by Crippen LogP contribution is -2.33. The highest BCUT2D eigenvalue weighted by Crippen LogP contribution is 2.47. The highest BCUT2D eigenvalue weighted by Gasteiger charge is 2.48. The number of nitrogens with zero attached hydrogens (tertiary/aromatic N) is 4. The average molecular weight is 484 g/mol. The number of hydrogen-bond donors (Lipinski definition) is 1. The number of halogens is 2. The Morgan fingerprint density at radius 1 is 1.20 bits per heavy atom. The Balaban J connectivity index is 1.28. The van der Waals surface area contributed by atoms with Gasteiger partial charge in [-0.15, -0.1) is 0 Å². The second-order valence-corrected chi connectivity index (χ2v) is 8.86. The predicted molar refractivity (Wildman–Crippen MR) is 125 cm³/mol. The molecule has 0 spiro atoms. The highest BCUT2D eigenvalue weighted by atomic mass is 19.3. The Labute approximate surface area is 201 Å². The van der Waals surface area contributed by atoms with Gasteiger partial charge in [-0.1, -0.05) is 23.4 Å². The van der Waals surface area contributed by atoms with Crippen LogP contribution in [0.4, 0.5) is 14.5 Å². The molecule has 1 N–H and O–H groups in total. The summed E-state index contributed by atoms with van der Waals surface area (Å²) in [4.78, 5) is 8.85. The third-order valence-electron chi connectivity index (χ3n) is 6.18. The molecule has 1 saturated carbocycles. The highest BCUT2D eigenvalue weighted by molar-refractivity contribution is 5.65. The van der Waals surface area contributed by atoms with E-state index in [1.807, 2.05) is 54.0 Å². The third kappa shape index (κ3) is 5.18. The summed E-state index contributed by atoms with van der Waals surface area (Å²) in [5.74, 6) is -2.34. The molecule has 0 amide bonds. The number of imidazole rings is 1. The molecule has 3 aromatic heterocycles. The van der Waals surface area contributed by atoms with Gasteiger partial charge in [0, 0.05) is 43.3 Å². The molecule has 3 heterocycles. The first kappa shape index (κ1) is 23.4. The molecule has 0 radical (unpaired) electrons. The molecule has 1 aromatic carbocycles. The summed E-state index contributed by atoms with van der Waals surface area (Å²) in [6, 6.07) is 9.78.